The monoisotopic (exact) mass is 228 g/mol. The molecule has 0 aromatic carbocycles. The van der Waals surface area contributed by atoms with Crippen LogP contribution in [0, 0.1) is 0 Å². The minimum Gasteiger partial charge on any atom is -0.351 e. The van der Waals surface area contributed by atoms with Crippen molar-refractivity contribution in [2.75, 3.05) is 13.1 Å². The van der Waals surface area contributed by atoms with E-state index in [1.54, 1.807) is 6.92 Å². The summed E-state index contributed by atoms with van der Waals surface area (Å²) >= 11 is 0. The van der Waals surface area contributed by atoms with Crippen LogP contribution in [-0.4, -0.2) is 42.0 Å². The maximum absolute atomic E-state index is 11.6. The molecule has 0 radical (unpaired) electrons. The van der Waals surface area contributed by atoms with E-state index in [2.05, 4.69) is 5.32 Å². The lowest BCUT2D eigenvalue weighted by Crippen LogP contribution is -2.54. The van der Waals surface area contributed by atoms with Crippen molar-refractivity contribution < 1.29 is 9.59 Å². The second-order valence-electron chi connectivity index (χ2n) is 4.14. The van der Waals surface area contributed by atoms with Crippen LogP contribution < -0.4 is 16.8 Å². The number of urea groups is 1. The van der Waals surface area contributed by atoms with Gasteiger partial charge in [0.15, 0.2) is 0 Å². The number of rotatable bonds is 5. The highest BCUT2D eigenvalue weighted by atomic mass is 16.2. The molecule has 1 saturated carbocycles. The quantitative estimate of drug-likeness (QED) is 0.584. The summed E-state index contributed by atoms with van der Waals surface area (Å²) in [6, 6.07) is -0.753. The lowest BCUT2D eigenvalue weighted by Gasteiger charge is -2.40. The maximum Gasteiger partial charge on any atom is 0.318 e. The summed E-state index contributed by atoms with van der Waals surface area (Å²) in [4.78, 5) is 24.3. The van der Waals surface area contributed by atoms with Gasteiger partial charge >= 0.3 is 6.03 Å². The average molecular weight is 228 g/mol. The number of nitrogens with zero attached hydrogens (tertiary/aromatic N) is 1. The zero-order valence-electron chi connectivity index (χ0n) is 9.61. The average Bonchev–Trinajstić information content (AvgIpc) is 2.12. The minimum absolute atomic E-state index is 0.354. The highest BCUT2D eigenvalue weighted by molar-refractivity contribution is 5.96. The van der Waals surface area contributed by atoms with Gasteiger partial charge in [0.25, 0.3) is 0 Å². The third-order valence-corrected chi connectivity index (χ3v) is 3.05. The summed E-state index contributed by atoms with van der Waals surface area (Å²) < 4.78 is 0. The normalized spacial score (nSPS) is 17.9. The number of carbonyl (C=O) groups is 2. The number of hydrogen-bond acceptors (Lipinski definition) is 4. The van der Waals surface area contributed by atoms with Gasteiger partial charge in [0, 0.05) is 19.1 Å². The first-order valence-corrected chi connectivity index (χ1v) is 5.62. The number of amides is 3. The Hall–Kier alpha value is -1.14. The molecule has 0 aliphatic heterocycles. The van der Waals surface area contributed by atoms with E-state index in [0.29, 0.717) is 19.1 Å². The molecule has 0 saturated heterocycles. The largest absolute Gasteiger partial charge is 0.351 e. The fourth-order valence-electron chi connectivity index (χ4n) is 1.94. The maximum atomic E-state index is 11.6. The third kappa shape index (κ3) is 3.18. The number of primary amides is 1. The fraction of sp³-hybridized carbons (Fsp3) is 0.800. The Kier molecular flexibility index (Phi) is 4.70. The summed E-state index contributed by atoms with van der Waals surface area (Å²) in [5, 5.41) is 2.10. The Morgan fingerprint density at radius 2 is 2.12 bits per heavy atom. The molecule has 6 nitrogen and oxygen atoms in total. The van der Waals surface area contributed by atoms with Crippen molar-refractivity contribution in [2.45, 2.75) is 38.3 Å². The van der Waals surface area contributed by atoms with Gasteiger partial charge in [-0.05, 0) is 19.8 Å². The van der Waals surface area contributed by atoms with Crippen molar-refractivity contribution in [2.24, 2.45) is 11.5 Å². The van der Waals surface area contributed by atoms with Crippen molar-refractivity contribution >= 4 is 11.9 Å². The molecule has 1 atom stereocenters. The van der Waals surface area contributed by atoms with Gasteiger partial charge in [-0.1, -0.05) is 6.42 Å². The number of hydrogen-bond donors (Lipinski definition) is 3. The van der Waals surface area contributed by atoms with Gasteiger partial charge in [0.05, 0.1) is 6.04 Å². The Labute approximate surface area is 95.3 Å². The van der Waals surface area contributed by atoms with E-state index in [9.17, 15) is 9.59 Å². The summed E-state index contributed by atoms with van der Waals surface area (Å²) in [5.74, 6) is -0.354. The molecule has 6 heteroatoms. The van der Waals surface area contributed by atoms with Gasteiger partial charge in [-0.25, -0.2) is 4.79 Å². The van der Waals surface area contributed by atoms with E-state index >= 15 is 0 Å². The van der Waals surface area contributed by atoms with Crippen LogP contribution in [0.1, 0.15) is 26.2 Å². The molecule has 1 fully saturated rings. The Morgan fingerprint density at radius 3 is 2.50 bits per heavy atom. The summed E-state index contributed by atoms with van der Waals surface area (Å²) in [6.07, 6.45) is 3.37. The highest BCUT2D eigenvalue weighted by Gasteiger charge is 2.31. The number of nitrogens with two attached hydrogens (primary N) is 2. The minimum atomic E-state index is -0.807. The van der Waals surface area contributed by atoms with Crippen LogP contribution in [0.5, 0.6) is 0 Å². The Bertz CT molecular complexity index is 266. The van der Waals surface area contributed by atoms with Crippen LogP contribution >= 0.6 is 0 Å². The van der Waals surface area contributed by atoms with Crippen LogP contribution in [0.25, 0.3) is 0 Å². The van der Waals surface area contributed by atoms with Crippen molar-refractivity contribution in [3.8, 4) is 0 Å². The molecule has 0 heterocycles. The third-order valence-electron chi connectivity index (χ3n) is 3.05. The molecule has 5 N–H and O–H groups in total. The first-order valence-electron chi connectivity index (χ1n) is 5.62. The molecule has 1 unspecified atom stereocenters. The smallest absolute Gasteiger partial charge is 0.318 e. The van der Waals surface area contributed by atoms with Gasteiger partial charge in [0.1, 0.15) is 0 Å². The van der Waals surface area contributed by atoms with Crippen molar-refractivity contribution in [1.82, 2.24) is 10.2 Å². The van der Waals surface area contributed by atoms with E-state index in [1.165, 1.54) is 6.42 Å². The van der Waals surface area contributed by atoms with E-state index in [4.69, 9.17) is 11.5 Å². The SMILES string of the molecule is CC(C(=O)NC(N)=O)N(CCN)C1CCC1. The second-order valence-corrected chi connectivity index (χ2v) is 4.14. The van der Waals surface area contributed by atoms with Crippen molar-refractivity contribution in [3.63, 3.8) is 0 Å². The topological polar surface area (TPSA) is 101 Å². The predicted molar refractivity (Wildman–Crippen MR) is 60.6 cm³/mol. The lowest BCUT2D eigenvalue weighted by atomic mass is 9.90. The molecule has 0 aromatic rings. The number of carbonyl (C=O) groups excluding carboxylic acids is 2. The first kappa shape index (κ1) is 12.9. The number of imide groups is 1. The highest BCUT2D eigenvalue weighted by Crippen LogP contribution is 2.26. The molecule has 3 amide bonds. The molecule has 0 aromatic heterocycles. The Balaban J connectivity index is 2.54. The van der Waals surface area contributed by atoms with Gasteiger partial charge in [-0.3, -0.25) is 15.0 Å². The van der Waals surface area contributed by atoms with E-state index in [1.807, 2.05) is 4.90 Å². The van der Waals surface area contributed by atoms with E-state index < -0.39 is 6.03 Å². The van der Waals surface area contributed by atoms with Gasteiger partial charge in [-0.2, -0.15) is 0 Å². The van der Waals surface area contributed by atoms with Gasteiger partial charge < -0.3 is 11.5 Å². The van der Waals surface area contributed by atoms with Gasteiger partial charge in [0.2, 0.25) is 5.91 Å². The molecule has 1 rings (SSSR count). The zero-order chi connectivity index (χ0) is 12.1. The predicted octanol–water partition coefficient (Wildman–Crippen LogP) is -0.617. The van der Waals surface area contributed by atoms with E-state index in [-0.39, 0.29) is 11.9 Å². The molecule has 1 aliphatic carbocycles. The summed E-state index contributed by atoms with van der Waals surface area (Å²) in [6.45, 7) is 2.94. The van der Waals surface area contributed by atoms with Crippen LogP contribution in [0.15, 0.2) is 0 Å². The van der Waals surface area contributed by atoms with E-state index in [0.717, 1.165) is 12.8 Å². The molecule has 1 aliphatic rings. The first-order chi connectivity index (χ1) is 7.56. The van der Waals surface area contributed by atoms with Crippen molar-refractivity contribution in [1.29, 1.82) is 0 Å². The molecule has 16 heavy (non-hydrogen) atoms. The van der Waals surface area contributed by atoms with Crippen LogP contribution in [-0.2, 0) is 4.79 Å². The Morgan fingerprint density at radius 1 is 1.50 bits per heavy atom. The van der Waals surface area contributed by atoms with Crippen molar-refractivity contribution in [3.05, 3.63) is 0 Å². The lowest BCUT2D eigenvalue weighted by molar-refractivity contribution is -0.126. The van der Waals surface area contributed by atoms with Crippen LogP contribution in [0.2, 0.25) is 0 Å². The summed E-state index contributed by atoms with van der Waals surface area (Å²) in [5.41, 5.74) is 10.4. The zero-order valence-corrected chi connectivity index (χ0v) is 9.61. The second kappa shape index (κ2) is 5.81. The molecule has 92 valence electrons. The standard InChI is InChI=1S/C10H20N4O2/c1-7(9(15)13-10(12)16)14(6-5-11)8-3-2-4-8/h7-8H,2-6,11H2,1H3,(H3,12,13,15,16). The molecule has 0 bridgehead atoms. The molecular formula is C10H20N4O2. The molecular weight excluding hydrogens is 208 g/mol. The fourth-order valence-corrected chi connectivity index (χ4v) is 1.94. The van der Waals surface area contributed by atoms with Crippen LogP contribution in [0.4, 0.5) is 4.79 Å². The van der Waals surface area contributed by atoms with Gasteiger partial charge in [-0.15, -0.1) is 0 Å². The number of nitrogens with one attached hydrogen (secondary N) is 1. The molecule has 0 spiro atoms. The summed E-state index contributed by atoms with van der Waals surface area (Å²) in [7, 11) is 0. The van der Waals surface area contributed by atoms with Crippen LogP contribution in [0.3, 0.4) is 0 Å².